The highest BCUT2D eigenvalue weighted by atomic mass is 16.7. The second-order valence-corrected chi connectivity index (χ2v) is 19.4. The Morgan fingerprint density at radius 2 is 0.922 bits per heavy atom. The number of amides is 1. The highest BCUT2D eigenvalue weighted by Gasteiger charge is 2.44. The molecule has 0 aromatic heterocycles. The second kappa shape index (κ2) is 45.5. The van der Waals surface area contributed by atoms with Crippen LogP contribution in [0.5, 0.6) is 0 Å². The van der Waals surface area contributed by atoms with Crippen molar-refractivity contribution in [2.24, 2.45) is 0 Å². The lowest BCUT2D eigenvalue weighted by atomic mass is 9.99. The summed E-state index contributed by atoms with van der Waals surface area (Å²) in [6.07, 6.45) is 49.1. The maximum Gasteiger partial charge on any atom is 0.220 e. The first kappa shape index (κ1) is 60.7. The van der Waals surface area contributed by atoms with Crippen LogP contribution in [0.3, 0.4) is 0 Å². The zero-order valence-corrected chi connectivity index (χ0v) is 41.8. The van der Waals surface area contributed by atoms with Crippen molar-refractivity contribution in [3.05, 3.63) is 24.3 Å². The normalized spacial score (nSPS) is 20.1. The fourth-order valence-corrected chi connectivity index (χ4v) is 8.90. The third kappa shape index (κ3) is 34.9. The molecule has 9 heteroatoms. The van der Waals surface area contributed by atoms with Crippen LogP contribution in [0.1, 0.15) is 264 Å². The fraction of sp³-hybridized carbons (Fsp3) is 0.909. The molecular formula is C55H105NO8. The molecule has 7 unspecified atom stereocenters. The number of nitrogens with one attached hydrogen (secondary N) is 1. The first-order chi connectivity index (χ1) is 31.3. The van der Waals surface area contributed by atoms with Crippen LogP contribution in [-0.4, -0.2) is 87.5 Å². The van der Waals surface area contributed by atoms with Crippen LogP contribution in [-0.2, 0) is 14.3 Å². The third-order valence-corrected chi connectivity index (χ3v) is 13.3. The van der Waals surface area contributed by atoms with Crippen molar-refractivity contribution < 1.29 is 39.8 Å². The highest BCUT2D eigenvalue weighted by Crippen LogP contribution is 2.23. The number of carbonyl (C=O) groups is 1. The van der Waals surface area contributed by atoms with E-state index in [-0.39, 0.29) is 12.5 Å². The summed E-state index contributed by atoms with van der Waals surface area (Å²) in [5.74, 6) is -0.146. The lowest BCUT2D eigenvalue weighted by molar-refractivity contribution is -0.302. The van der Waals surface area contributed by atoms with E-state index in [9.17, 15) is 30.3 Å². The molecule has 0 saturated carbocycles. The van der Waals surface area contributed by atoms with Gasteiger partial charge in [0.15, 0.2) is 6.29 Å². The van der Waals surface area contributed by atoms with Gasteiger partial charge in [-0.3, -0.25) is 4.79 Å². The predicted octanol–water partition coefficient (Wildman–Crippen LogP) is 13.0. The van der Waals surface area contributed by atoms with Crippen molar-refractivity contribution in [3.8, 4) is 0 Å². The summed E-state index contributed by atoms with van der Waals surface area (Å²) in [6.45, 7) is 3.86. The number of carbonyl (C=O) groups excluding carboxylic acids is 1. The summed E-state index contributed by atoms with van der Waals surface area (Å²) in [5.41, 5.74) is 0. The smallest absolute Gasteiger partial charge is 0.220 e. The average molecular weight is 908 g/mol. The van der Waals surface area contributed by atoms with E-state index in [1.807, 2.05) is 0 Å². The largest absolute Gasteiger partial charge is 0.394 e. The minimum absolute atomic E-state index is 0.137. The minimum atomic E-state index is -1.55. The van der Waals surface area contributed by atoms with Gasteiger partial charge in [-0.15, -0.1) is 0 Å². The Bertz CT molecular complexity index is 1060. The number of aliphatic hydroxyl groups is 5. The third-order valence-electron chi connectivity index (χ3n) is 13.3. The van der Waals surface area contributed by atoms with E-state index < -0.39 is 49.5 Å². The molecule has 0 radical (unpaired) electrons. The van der Waals surface area contributed by atoms with Crippen molar-refractivity contribution in [2.75, 3.05) is 13.2 Å². The molecule has 9 nitrogen and oxygen atoms in total. The Morgan fingerprint density at radius 3 is 1.34 bits per heavy atom. The number of hydrogen-bond donors (Lipinski definition) is 6. The maximum atomic E-state index is 13.0. The summed E-state index contributed by atoms with van der Waals surface area (Å²) in [7, 11) is 0. The SMILES string of the molecule is CCCCCCCCCCC/C=C\C/C=C\CCCCCCCCCCCC(=O)NC(COC1OC(CO)C(O)C(O)C1O)C(O)CCCCCCCCCCCCCCCCCC. The summed E-state index contributed by atoms with van der Waals surface area (Å²) in [4.78, 5) is 13.0. The molecule has 0 spiro atoms. The average Bonchev–Trinajstić information content (AvgIpc) is 3.29. The molecule has 1 heterocycles. The minimum Gasteiger partial charge on any atom is -0.394 e. The molecule has 7 atom stereocenters. The van der Waals surface area contributed by atoms with E-state index in [1.54, 1.807) is 0 Å². The van der Waals surface area contributed by atoms with Crippen LogP contribution in [0, 0.1) is 0 Å². The first-order valence-corrected chi connectivity index (χ1v) is 27.5. The molecule has 378 valence electrons. The number of unbranched alkanes of at least 4 members (excludes halogenated alkanes) is 33. The van der Waals surface area contributed by atoms with Gasteiger partial charge in [0.05, 0.1) is 25.4 Å². The molecule has 1 rings (SSSR count). The Kier molecular flexibility index (Phi) is 43.1. The first-order valence-electron chi connectivity index (χ1n) is 27.5. The van der Waals surface area contributed by atoms with Gasteiger partial charge in [0.2, 0.25) is 5.91 Å². The van der Waals surface area contributed by atoms with Crippen molar-refractivity contribution in [3.63, 3.8) is 0 Å². The van der Waals surface area contributed by atoms with Gasteiger partial charge >= 0.3 is 0 Å². The standard InChI is InChI=1S/C55H105NO8/c1-3-5-7-9-11-13-15-17-19-21-22-23-24-25-26-27-28-29-31-33-35-37-39-41-43-45-51(59)56-48(47-63-55-54(62)53(61)52(60)50(46-57)64-55)49(58)44-42-40-38-36-34-32-30-20-18-16-14-12-10-8-6-4-2/h22-23,25-26,48-50,52-55,57-58,60-62H,3-21,24,27-47H2,1-2H3,(H,56,59)/b23-22-,26-25-. The quantitative estimate of drug-likeness (QED) is 0.0261. The van der Waals surface area contributed by atoms with Crippen LogP contribution in [0.25, 0.3) is 0 Å². The van der Waals surface area contributed by atoms with Gasteiger partial charge in [-0.25, -0.2) is 0 Å². The number of aliphatic hydroxyl groups excluding tert-OH is 5. The molecule has 0 bridgehead atoms. The van der Waals surface area contributed by atoms with Gasteiger partial charge in [0.1, 0.15) is 24.4 Å². The van der Waals surface area contributed by atoms with Gasteiger partial charge in [0, 0.05) is 6.42 Å². The Labute approximate surface area is 394 Å². The topological polar surface area (TPSA) is 149 Å². The maximum absolute atomic E-state index is 13.0. The zero-order chi connectivity index (χ0) is 46.6. The van der Waals surface area contributed by atoms with E-state index in [4.69, 9.17) is 9.47 Å². The van der Waals surface area contributed by atoms with E-state index in [0.29, 0.717) is 12.8 Å². The van der Waals surface area contributed by atoms with Crippen LogP contribution in [0.15, 0.2) is 24.3 Å². The van der Waals surface area contributed by atoms with Crippen LogP contribution in [0.4, 0.5) is 0 Å². The second-order valence-electron chi connectivity index (χ2n) is 19.4. The van der Waals surface area contributed by atoms with Crippen molar-refractivity contribution in [2.45, 2.75) is 307 Å². The molecule has 0 aliphatic carbocycles. The van der Waals surface area contributed by atoms with E-state index in [2.05, 4.69) is 43.5 Å². The van der Waals surface area contributed by atoms with Gasteiger partial charge in [-0.2, -0.15) is 0 Å². The van der Waals surface area contributed by atoms with Crippen LogP contribution < -0.4 is 5.32 Å². The summed E-state index contributed by atoms with van der Waals surface area (Å²) >= 11 is 0. The molecule has 1 fully saturated rings. The van der Waals surface area contributed by atoms with E-state index in [1.165, 1.54) is 193 Å². The van der Waals surface area contributed by atoms with Crippen molar-refractivity contribution in [1.29, 1.82) is 0 Å². The Morgan fingerprint density at radius 1 is 0.531 bits per heavy atom. The monoisotopic (exact) mass is 908 g/mol. The molecule has 1 amide bonds. The summed E-state index contributed by atoms with van der Waals surface area (Å²) in [6, 6.07) is -0.720. The highest BCUT2D eigenvalue weighted by molar-refractivity contribution is 5.76. The number of allylic oxidation sites excluding steroid dienone is 4. The lowest BCUT2D eigenvalue weighted by Crippen LogP contribution is -2.60. The van der Waals surface area contributed by atoms with E-state index >= 15 is 0 Å². The van der Waals surface area contributed by atoms with Crippen LogP contribution in [0.2, 0.25) is 0 Å². The molecule has 1 aliphatic heterocycles. The fourth-order valence-electron chi connectivity index (χ4n) is 8.90. The van der Waals surface area contributed by atoms with Gasteiger partial charge in [0.25, 0.3) is 0 Å². The molecular weight excluding hydrogens is 803 g/mol. The zero-order valence-electron chi connectivity index (χ0n) is 41.8. The molecule has 0 aromatic rings. The molecule has 6 N–H and O–H groups in total. The summed E-state index contributed by atoms with van der Waals surface area (Å²) in [5, 5.41) is 54.6. The predicted molar refractivity (Wildman–Crippen MR) is 267 cm³/mol. The van der Waals surface area contributed by atoms with Gasteiger partial charge in [-0.05, 0) is 44.9 Å². The molecule has 1 aliphatic rings. The van der Waals surface area contributed by atoms with Gasteiger partial charge < -0.3 is 40.3 Å². The van der Waals surface area contributed by atoms with Gasteiger partial charge in [-0.1, -0.05) is 237 Å². The Balaban J connectivity index is 2.22. The van der Waals surface area contributed by atoms with Crippen molar-refractivity contribution >= 4 is 5.91 Å². The Hall–Kier alpha value is -1.33. The van der Waals surface area contributed by atoms with E-state index in [0.717, 1.165) is 44.9 Å². The summed E-state index contributed by atoms with van der Waals surface area (Å²) < 4.78 is 11.3. The molecule has 64 heavy (non-hydrogen) atoms. The lowest BCUT2D eigenvalue weighted by Gasteiger charge is -2.40. The number of hydrogen-bond acceptors (Lipinski definition) is 8. The van der Waals surface area contributed by atoms with Crippen molar-refractivity contribution in [1.82, 2.24) is 5.32 Å². The molecule has 0 aromatic carbocycles. The molecule has 1 saturated heterocycles. The number of ether oxygens (including phenoxy) is 2. The number of rotatable bonds is 47. The van der Waals surface area contributed by atoms with Crippen LogP contribution >= 0.6 is 0 Å².